The molecule has 0 fully saturated rings. The minimum absolute atomic E-state index is 0.123. The van der Waals surface area contributed by atoms with Crippen LogP contribution in [0.5, 0.6) is 5.75 Å². The molecule has 1 atom stereocenters. The van der Waals surface area contributed by atoms with Crippen molar-refractivity contribution in [3.8, 4) is 5.75 Å². The first-order valence-electron chi connectivity index (χ1n) is 10.1. The van der Waals surface area contributed by atoms with Crippen molar-refractivity contribution in [2.75, 3.05) is 17.7 Å². The molecule has 1 amide bonds. The van der Waals surface area contributed by atoms with Crippen molar-refractivity contribution < 1.29 is 19.1 Å². The Morgan fingerprint density at radius 2 is 2.00 bits per heavy atom. The number of thioether (sulfide) groups is 1. The SMILES string of the molecule is CCOC(=O)c1cc(C)sc1NC(=O)CSc1nnc(C(C)Oc2ccccc2C)n1C. The zero-order chi connectivity index (χ0) is 23.3. The van der Waals surface area contributed by atoms with Gasteiger partial charge in [0.15, 0.2) is 17.1 Å². The van der Waals surface area contributed by atoms with Crippen molar-refractivity contribution in [1.82, 2.24) is 14.8 Å². The summed E-state index contributed by atoms with van der Waals surface area (Å²) < 4.78 is 12.9. The minimum Gasteiger partial charge on any atom is -0.482 e. The number of para-hydroxylation sites is 1. The Morgan fingerprint density at radius 1 is 1.25 bits per heavy atom. The van der Waals surface area contributed by atoms with Gasteiger partial charge in [-0.3, -0.25) is 4.79 Å². The van der Waals surface area contributed by atoms with E-state index in [4.69, 9.17) is 9.47 Å². The van der Waals surface area contributed by atoms with Gasteiger partial charge in [-0.2, -0.15) is 0 Å². The summed E-state index contributed by atoms with van der Waals surface area (Å²) in [7, 11) is 1.84. The highest BCUT2D eigenvalue weighted by atomic mass is 32.2. The second kappa shape index (κ2) is 10.6. The first-order valence-corrected chi connectivity index (χ1v) is 11.9. The van der Waals surface area contributed by atoms with E-state index >= 15 is 0 Å². The lowest BCUT2D eigenvalue weighted by Crippen LogP contribution is -2.16. The summed E-state index contributed by atoms with van der Waals surface area (Å²) in [5.74, 6) is 0.893. The van der Waals surface area contributed by atoms with E-state index in [0.29, 0.717) is 21.5 Å². The van der Waals surface area contributed by atoms with E-state index in [1.54, 1.807) is 13.0 Å². The van der Waals surface area contributed by atoms with Crippen molar-refractivity contribution in [1.29, 1.82) is 0 Å². The number of nitrogens with zero attached hydrogens (tertiary/aromatic N) is 3. The van der Waals surface area contributed by atoms with E-state index in [1.807, 2.05) is 56.7 Å². The lowest BCUT2D eigenvalue weighted by molar-refractivity contribution is -0.113. The molecule has 1 aromatic carbocycles. The number of hydrogen-bond acceptors (Lipinski definition) is 8. The predicted octanol–water partition coefficient (Wildman–Crippen LogP) is 4.54. The molecule has 8 nitrogen and oxygen atoms in total. The summed E-state index contributed by atoms with van der Waals surface area (Å²) in [6.45, 7) is 7.79. The molecule has 2 heterocycles. The second-order valence-corrected chi connectivity index (χ2v) is 9.28. The molecule has 32 heavy (non-hydrogen) atoms. The number of ether oxygens (including phenoxy) is 2. The van der Waals surface area contributed by atoms with Crippen LogP contribution in [0.4, 0.5) is 5.00 Å². The van der Waals surface area contributed by atoms with E-state index in [0.717, 1.165) is 16.2 Å². The Morgan fingerprint density at radius 3 is 2.72 bits per heavy atom. The van der Waals surface area contributed by atoms with Gasteiger partial charge in [0.2, 0.25) is 5.91 Å². The Labute approximate surface area is 195 Å². The van der Waals surface area contributed by atoms with Gasteiger partial charge in [0.1, 0.15) is 10.8 Å². The quantitative estimate of drug-likeness (QED) is 0.359. The third kappa shape index (κ3) is 5.68. The molecule has 10 heteroatoms. The number of carbonyl (C=O) groups is 2. The monoisotopic (exact) mass is 474 g/mol. The minimum atomic E-state index is -0.444. The molecule has 0 aliphatic carbocycles. The lowest BCUT2D eigenvalue weighted by Gasteiger charge is -2.15. The molecular formula is C22H26N4O4S2. The highest BCUT2D eigenvalue weighted by Crippen LogP contribution is 2.29. The van der Waals surface area contributed by atoms with Crippen molar-refractivity contribution in [3.63, 3.8) is 0 Å². The number of aromatic nitrogens is 3. The molecule has 0 aliphatic heterocycles. The molecule has 0 spiro atoms. The number of aryl methyl sites for hydroxylation is 2. The maximum atomic E-state index is 12.5. The topological polar surface area (TPSA) is 95.3 Å². The number of hydrogen-bond donors (Lipinski definition) is 1. The van der Waals surface area contributed by atoms with Gasteiger partial charge in [-0.05, 0) is 45.4 Å². The van der Waals surface area contributed by atoms with Gasteiger partial charge in [0, 0.05) is 11.9 Å². The average molecular weight is 475 g/mol. The third-order valence-corrected chi connectivity index (χ3v) is 6.55. The Kier molecular flexibility index (Phi) is 7.92. The number of anilines is 1. The van der Waals surface area contributed by atoms with Crippen LogP contribution in [-0.2, 0) is 16.6 Å². The molecule has 0 saturated heterocycles. The molecule has 3 rings (SSSR count). The van der Waals surface area contributed by atoms with Crippen LogP contribution in [0.15, 0.2) is 35.5 Å². The number of nitrogens with one attached hydrogen (secondary N) is 1. The zero-order valence-corrected chi connectivity index (χ0v) is 20.3. The number of esters is 1. The lowest BCUT2D eigenvalue weighted by atomic mass is 10.2. The fraction of sp³-hybridized carbons (Fsp3) is 0.364. The summed E-state index contributed by atoms with van der Waals surface area (Å²) in [5.41, 5.74) is 1.41. The maximum Gasteiger partial charge on any atom is 0.341 e. The van der Waals surface area contributed by atoms with Gasteiger partial charge < -0.3 is 19.4 Å². The van der Waals surface area contributed by atoms with Gasteiger partial charge in [-0.15, -0.1) is 21.5 Å². The zero-order valence-electron chi connectivity index (χ0n) is 18.7. The first-order chi connectivity index (χ1) is 15.3. The fourth-order valence-electron chi connectivity index (χ4n) is 3.00. The van der Waals surface area contributed by atoms with E-state index in [-0.39, 0.29) is 24.4 Å². The van der Waals surface area contributed by atoms with Crippen LogP contribution >= 0.6 is 23.1 Å². The van der Waals surface area contributed by atoms with Crippen LogP contribution in [0, 0.1) is 13.8 Å². The first kappa shape index (κ1) is 23.8. The highest BCUT2D eigenvalue weighted by molar-refractivity contribution is 7.99. The van der Waals surface area contributed by atoms with Crippen molar-refractivity contribution in [3.05, 3.63) is 52.2 Å². The van der Waals surface area contributed by atoms with Gasteiger partial charge >= 0.3 is 5.97 Å². The van der Waals surface area contributed by atoms with Crippen LogP contribution in [0.2, 0.25) is 0 Å². The molecule has 0 radical (unpaired) electrons. The van der Waals surface area contributed by atoms with E-state index < -0.39 is 5.97 Å². The fourth-order valence-corrected chi connectivity index (χ4v) is 4.63. The van der Waals surface area contributed by atoms with Crippen molar-refractivity contribution >= 4 is 40.0 Å². The van der Waals surface area contributed by atoms with E-state index in [9.17, 15) is 9.59 Å². The molecule has 1 unspecified atom stereocenters. The third-order valence-electron chi connectivity index (χ3n) is 4.57. The molecule has 170 valence electrons. The predicted molar refractivity (Wildman–Crippen MR) is 126 cm³/mol. The van der Waals surface area contributed by atoms with Crippen LogP contribution in [0.25, 0.3) is 0 Å². The molecule has 2 aromatic heterocycles. The van der Waals surface area contributed by atoms with E-state index in [1.165, 1.54) is 23.1 Å². The van der Waals surface area contributed by atoms with Crippen LogP contribution in [0.3, 0.4) is 0 Å². The number of carbonyl (C=O) groups excluding carboxylic acids is 2. The molecule has 0 aliphatic rings. The number of amides is 1. The van der Waals surface area contributed by atoms with Gasteiger partial charge in [0.05, 0.1) is 17.9 Å². The Hall–Kier alpha value is -2.85. The summed E-state index contributed by atoms with van der Waals surface area (Å²) in [4.78, 5) is 25.5. The van der Waals surface area contributed by atoms with Gasteiger partial charge in [-0.1, -0.05) is 30.0 Å². The van der Waals surface area contributed by atoms with Crippen molar-refractivity contribution in [2.45, 2.75) is 39.0 Å². The normalized spacial score (nSPS) is 11.8. The van der Waals surface area contributed by atoms with Crippen LogP contribution < -0.4 is 10.1 Å². The molecule has 1 N–H and O–H groups in total. The number of benzene rings is 1. The summed E-state index contributed by atoms with van der Waals surface area (Å²) in [6, 6.07) is 9.51. The number of thiophene rings is 1. The summed E-state index contributed by atoms with van der Waals surface area (Å²) >= 11 is 2.60. The smallest absolute Gasteiger partial charge is 0.341 e. The molecular weight excluding hydrogens is 448 g/mol. The van der Waals surface area contributed by atoms with E-state index in [2.05, 4.69) is 15.5 Å². The summed E-state index contributed by atoms with van der Waals surface area (Å²) in [6.07, 6.45) is -0.307. The van der Waals surface area contributed by atoms with Crippen molar-refractivity contribution in [2.24, 2.45) is 7.05 Å². The highest BCUT2D eigenvalue weighted by Gasteiger charge is 2.20. The number of rotatable bonds is 9. The average Bonchev–Trinajstić information content (AvgIpc) is 3.30. The molecule has 0 bridgehead atoms. The molecule has 0 saturated carbocycles. The Balaban J connectivity index is 1.61. The second-order valence-electron chi connectivity index (χ2n) is 7.08. The van der Waals surface area contributed by atoms with Gasteiger partial charge in [0.25, 0.3) is 0 Å². The standard InChI is InChI=1S/C22H26N4O4S2/c1-6-29-21(28)16-11-14(3)32-20(16)23-18(27)12-31-22-25-24-19(26(22)5)15(4)30-17-10-8-7-9-13(17)2/h7-11,15H,6,12H2,1-5H3,(H,23,27). The van der Waals surface area contributed by atoms with Crippen LogP contribution in [-0.4, -0.2) is 39.0 Å². The maximum absolute atomic E-state index is 12.5. The largest absolute Gasteiger partial charge is 0.482 e. The van der Waals surface area contributed by atoms with Crippen LogP contribution in [0.1, 0.15) is 46.6 Å². The summed E-state index contributed by atoms with van der Waals surface area (Å²) in [5, 5.41) is 12.3. The molecule has 3 aromatic rings. The van der Waals surface area contributed by atoms with Gasteiger partial charge in [-0.25, -0.2) is 4.79 Å². The Bertz CT molecular complexity index is 1110.